The molecule has 1 heterocycles. The lowest BCUT2D eigenvalue weighted by Gasteiger charge is -2.35. The van der Waals surface area contributed by atoms with Crippen molar-refractivity contribution in [3.05, 3.63) is 35.4 Å². The van der Waals surface area contributed by atoms with Crippen molar-refractivity contribution in [3.8, 4) is 0 Å². The quantitative estimate of drug-likeness (QED) is 0.910. The van der Waals surface area contributed by atoms with Crippen LogP contribution in [0.15, 0.2) is 24.3 Å². The minimum Gasteiger partial charge on any atom is -0.478 e. The Labute approximate surface area is 118 Å². The van der Waals surface area contributed by atoms with Gasteiger partial charge < -0.3 is 14.7 Å². The van der Waals surface area contributed by atoms with E-state index in [0.717, 1.165) is 5.56 Å². The number of hydrogen-bond acceptors (Lipinski definition) is 3. The molecule has 0 radical (unpaired) electrons. The topological polar surface area (TPSA) is 66.8 Å². The lowest BCUT2D eigenvalue weighted by atomic mass is 10.1. The Morgan fingerprint density at radius 1 is 1.30 bits per heavy atom. The smallest absolute Gasteiger partial charge is 0.335 e. The Balaban J connectivity index is 2.04. The van der Waals surface area contributed by atoms with E-state index in [-0.39, 0.29) is 30.1 Å². The molecule has 1 saturated heterocycles. The van der Waals surface area contributed by atoms with Crippen LogP contribution in [-0.4, -0.2) is 47.2 Å². The summed E-state index contributed by atoms with van der Waals surface area (Å²) in [5.74, 6) is -0.970. The molecule has 0 saturated carbocycles. The summed E-state index contributed by atoms with van der Waals surface area (Å²) in [5, 5.41) is 8.95. The number of benzene rings is 1. The van der Waals surface area contributed by atoms with Gasteiger partial charge in [0.25, 0.3) is 0 Å². The van der Waals surface area contributed by atoms with E-state index in [1.807, 2.05) is 13.8 Å². The Bertz CT molecular complexity index is 504. The lowest BCUT2D eigenvalue weighted by Crippen LogP contribution is -2.48. The number of carbonyl (C=O) groups excluding carboxylic acids is 1. The molecule has 1 N–H and O–H groups in total. The number of ether oxygens (including phenoxy) is 1. The van der Waals surface area contributed by atoms with Crippen molar-refractivity contribution in [1.29, 1.82) is 0 Å². The first kappa shape index (κ1) is 14.5. The van der Waals surface area contributed by atoms with Gasteiger partial charge in [0.1, 0.15) is 0 Å². The summed E-state index contributed by atoms with van der Waals surface area (Å²) in [5.41, 5.74) is 0.931. The predicted octanol–water partition coefficient (Wildman–Crippen LogP) is 1.56. The number of carboxylic acids is 1. The molecule has 2 rings (SSSR count). The number of carboxylic acid groups (broad SMARTS) is 1. The van der Waals surface area contributed by atoms with E-state index < -0.39 is 5.97 Å². The van der Waals surface area contributed by atoms with Crippen LogP contribution >= 0.6 is 0 Å². The molecular formula is C15H19NO4. The van der Waals surface area contributed by atoms with Crippen molar-refractivity contribution in [1.82, 2.24) is 4.90 Å². The Morgan fingerprint density at radius 2 is 1.95 bits per heavy atom. The number of hydrogen-bond donors (Lipinski definition) is 1. The van der Waals surface area contributed by atoms with Gasteiger partial charge >= 0.3 is 5.97 Å². The molecule has 1 aliphatic heterocycles. The van der Waals surface area contributed by atoms with Crippen molar-refractivity contribution in [2.24, 2.45) is 0 Å². The zero-order valence-electron chi connectivity index (χ0n) is 11.7. The second kappa shape index (κ2) is 6.05. The maximum atomic E-state index is 12.3. The summed E-state index contributed by atoms with van der Waals surface area (Å²) in [7, 11) is 0. The first-order valence-electron chi connectivity index (χ1n) is 6.71. The maximum absolute atomic E-state index is 12.3. The summed E-state index contributed by atoms with van der Waals surface area (Å²) in [4.78, 5) is 25.0. The van der Waals surface area contributed by atoms with E-state index >= 15 is 0 Å². The molecule has 0 unspecified atom stereocenters. The van der Waals surface area contributed by atoms with Crippen LogP contribution in [0, 0.1) is 0 Å². The number of morpholine rings is 1. The summed E-state index contributed by atoms with van der Waals surface area (Å²) in [6, 6.07) is 6.51. The van der Waals surface area contributed by atoms with Crippen LogP contribution in [-0.2, 0) is 16.0 Å². The standard InChI is InChI=1S/C15H19NO4/c1-10-8-16(9-11(2)20-10)14(17)7-12-4-3-5-13(6-12)15(18)19/h3-6,10-11H,7-9H2,1-2H3,(H,18,19)/t10-,11+. The van der Waals surface area contributed by atoms with Gasteiger partial charge in [-0.2, -0.15) is 0 Å². The third kappa shape index (κ3) is 3.57. The Morgan fingerprint density at radius 3 is 2.55 bits per heavy atom. The minimum atomic E-state index is -0.979. The summed E-state index contributed by atoms with van der Waals surface area (Å²) < 4.78 is 5.60. The molecule has 1 aromatic rings. The SMILES string of the molecule is C[C@@H]1CN(C(=O)Cc2cccc(C(=O)O)c2)C[C@H](C)O1. The first-order valence-corrected chi connectivity index (χ1v) is 6.71. The van der Waals surface area contributed by atoms with Crippen LogP contribution in [0.1, 0.15) is 29.8 Å². The molecule has 5 heteroatoms. The molecule has 20 heavy (non-hydrogen) atoms. The molecule has 1 fully saturated rings. The number of rotatable bonds is 3. The second-order valence-corrected chi connectivity index (χ2v) is 5.24. The normalized spacial score (nSPS) is 22.6. The average molecular weight is 277 g/mol. The molecule has 0 aliphatic carbocycles. The van der Waals surface area contributed by atoms with E-state index in [4.69, 9.17) is 9.84 Å². The highest BCUT2D eigenvalue weighted by Gasteiger charge is 2.25. The van der Waals surface area contributed by atoms with Gasteiger partial charge in [0.2, 0.25) is 5.91 Å². The van der Waals surface area contributed by atoms with Crippen molar-refractivity contribution in [2.45, 2.75) is 32.5 Å². The highest BCUT2D eigenvalue weighted by molar-refractivity contribution is 5.88. The van der Waals surface area contributed by atoms with Crippen molar-refractivity contribution < 1.29 is 19.4 Å². The van der Waals surface area contributed by atoms with E-state index in [2.05, 4.69) is 0 Å². The third-order valence-corrected chi connectivity index (χ3v) is 3.30. The molecule has 1 aromatic carbocycles. The fourth-order valence-corrected chi connectivity index (χ4v) is 2.48. The molecule has 0 spiro atoms. The second-order valence-electron chi connectivity index (χ2n) is 5.24. The Hall–Kier alpha value is -1.88. The monoisotopic (exact) mass is 277 g/mol. The van der Waals surface area contributed by atoms with Gasteiger partial charge in [-0.1, -0.05) is 12.1 Å². The number of aromatic carboxylic acids is 1. The zero-order valence-corrected chi connectivity index (χ0v) is 11.7. The lowest BCUT2D eigenvalue weighted by molar-refractivity contribution is -0.142. The summed E-state index contributed by atoms with van der Waals surface area (Å²) in [6.07, 6.45) is 0.293. The van der Waals surface area contributed by atoms with E-state index in [0.29, 0.717) is 13.1 Å². The summed E-state index contributed by atoms with van der Waals surface area (Å²) in [6.45, 7) is 5.06. The van der Waals surface area contributed by atoms with Crippen LogP contribution in [0.2, 0.25) is 0 Å². The molecule has 1 aliphatic rings. The number of amides is 1. The first-order chi connectivity index (χ1) is 9.45. The van der Waals surface area contributed by atoms with E-state index in [1.54, 1.807) is 23.1 Å². The minimum absolute atomic E-state index is 0.00883. The molecule has 2 atom stereocenters. The van der Waals surface area contributed by atoms with Crippen molar-refractivity contribution >= 4 is 11.9 Å². The predicted molar refractivity (Wildman–Crippen MR) is 73.7 cm³/mol. The van der Waals surface area contributed by atoms with Crippen LogP contribution in [0.3, 0.4) is 0 Å². The van der Waals surface area contributed by atoms with Gasteiger partial charge in [0.15, 0.2) is 0 Å². The molecule has 5 nitrogen and oxygen atoms in total. The van der Waals surface area contributed by atoms with Crippen LogP contribution in [0.25, 0.3) is 0 Å². The van der Waals surface area contributed by atoms with Crippen LogP contribution in [0.5, 0.6) is 0 Å². The van der Waals surface area contributed by atoms with E-state index in [9.17, 15) is 9.59 Å². The fraction of sp³-hybridized carbons (Fsp3) is 0.467. The summed E-state index contributed by atoms with van der Waals surface area (Å²) >= 11 is 0. The fourth-order valence-electron chi connectivity index (χ4n) is 2.48. The van der Waals surface area contributed by atoms with Gasteiger partial charge in [-0.15, -0.1) is 0 Å². The molecule has 0 aromatic heterocycles. The maximum Gasteiger partial charge on any atom is 0.335 e. The molecule has 0 bridgehead atoms. The third-order valence-electron chi connectivity index (χ3n) is 3.30. The number of carbonyl (C=O) groups is 2. The van der Waals surface area contributed by atoms with Crippen LogP contribution in [0.4, 0.5) is 0 Å². The van der Waals surface area contributed by atoms with Gasteiger partial charge in [-0.05, 0) is 31.5 Å². The van der Waals surface area contributed by atoms with Crippen molar-refractivity contribution in [2.75, 3.05) is 13.1 Å². The molecule has 1 amide bonds. The van der Waals surface area contributed by atoms with Crippen LogP contribution < -0.4 is 0 Å². The largest absolute Gasteiger partial charge is 0.478 e. The molecule has 108 valence electrons. The Kier molecular flexibility index (Phi) is 4.39. The zero-order chi connectivity index (χ0) is 14.7. The van der Waals surface area contributed by atoms with Gasteiger partial charge in [-0.3, -0.25) is 4.79 Å². The van der Waals surface area contributed by atoms with Gasteiger partial charge in [-0.25, -0.2) is 4.79 Å². The highest BCUT2D eigenvalue weighted by Crippen LogP contribution is 2.13. The molecular weight excluding hydrogens is 258 g/mol. The van der Waals surface area contributed by atoms with Crippen molar-refractivity contribution in [3.63, 3.8) is 0 Å². The number of nitrogens with zero attached hydrogens (tertiary/aromatic N) is 1. The van der Waals surface area contributed by atoms with Gasteiger partial charge in [0, 0.05) is 13.1 Å². The highest BCUT2D eigenvalue weighted by atomic mass is 16.5. The average Bonchev–Trinajstić information content (AvgIpc) is 2.37. The van der Waals surface area contributed by atoms with E-state index in [1.165, 1.54) is 6.07 Å². The van der Waals surface area contributed by atoms with Gasteiger partial charge in [0.05, 0.1) is 24.2 Å².